The van der Waals surface area contributed by atoms with Crippen LogP contribution in [-0.4, -0.2) is 20.6 Å². The van der Waals surface area contributed by atoms with Crippen molar-refractivity contribution in [2.45, 2.75) is 54.4 Å². The second-order valence-electron chi connectivity index (χ2n) is 5.71. The average Bonchev–Trinajstić information content (AvgIpc) is 2.37. The van der Waals surface area contributed by atoms with E-state index in [4.69, 9.17) is 0 Å². The van der Waals surface area contributed by atoms with E-state index in [9.17, 15) is 18.3 Å². The summed E-state index contributed by atoms with van der Waals surface area (Å²) in [6.07, 6.45) is 2.05. The van der Waals surface area contributed by atoms with Crippen molar-refractivity contribution in [1.29, 1.82) is 0 Å². The van der Waals surface area contributed by atoms with Crippen LogP contribution >= 0.6 is 11.8 Å². The first kappa shape index (κ1) is 14.2. The zero-order chi connectivity index (χ0) is 14.4. The van der Waals surface area contributed by atoms with Crippen LogP contribution in [-0.2, 0) is 11.8 Å². The first-order valence-corrected chi connectivity index (χ1v) is 7.72. The van der Waals surface area contributed by atoms with Gasteiger partial charge in [0.15, 0.2) is 0 Å². The van der Waals surface area contributed by atoms with Gasteiger partial charge in [-0.3, -0.25) is 4.98 Å². The van der Waals surface area contributed by atoms with Gasteiger partial charge >= 0.3 is 6.18 Å². The molecule has 110 valence electrons. The molecule has 0 saturated carbocycles. The lowest BCUT2D eigenvalue weighted by Crippen LogP contribution is -2.40. The molecule has 1 aromatic rings. The number of halogens is 3. The van der Waals surface area contributed by atoms with Crippen LogP contribution in [0.3, 0.4) is 0 Å². The van der Waals surface area contributed by atoms with Crippen molar-refractivity contribution in [2.24, 2.45) is 0 Å². The summed E-state index contributed by atoms with van der Waals surface area (Å²) in [7, 11) is 0. The van der Waals surface area contributed by atoms with Crippen LogP contribution < -0.4 is 0 Å². The molecule has 2 nitrogen and oxygen atoms in total. The molecule has 20 heavy (non-hydrogen) atoms. The molecule has 0 spiro atoms. The number of aliphatic hydroxyl groups is 1. The summed E-state index contributed by atoms with van der Waals surface area (Å²) in [6.45, 7) is 0. The lowest BCUT2D eigenvalue weighted by Gasteiger charge is -2.44. The summed E-state index contributed by atoms with van der Waals surface area (Å²) >= 11 is 1.88. The zero-order valence-corrected chi connectivity index (χ0v) is 11.7. The van der Waals surface area contributed by atoms with Gasteiger partial charge in [-0.1, -0.05) is 6.42 Å². The molecule has 3 rings (SSSR count). The number of thioether (sulfide) groups is 1. The molecule has 2 atom stereocenters. The Morgan fingerprint density at radius 1 is 1.20 bits per heavy atom. The summed E-state index contributed by atoms with van der Waals surface area (Å²) in [6, 6.07) is 1.05. The zero-order valence-electron chi connectivity index (χ0n) is 10.9. The molecule has 1 N–H and O–H groups in total. The summed E-state index contributed by atoms with van der Waals surface area (Å²) in [5.74, 6) is 0. The lowest BCUT2D eigenvalue weighted by molar-refractivity contribution is -0.138. The van der Waals surface area contributed by atoms with Crippen molar-refractivity contribution in [3.05, 3.63) is 29.6 Å². The molecular formula is C14H16F3NOS. The second kappa shape index (κ2) is 4.91. The molecule has 2 saturated heterocycles. The Labute approximate surface area is 119 Å². The van der Waals surface area contributed by atoms with E-state index in [2.05, 4.69) is 4.98 Å². The summed E-state index contributed by atoms with van der Waals surface area (Å²) in [4.78, 5) is 3.68. The van der Waals surface area contributed by atoms with Crippen LogP contribution in [0.1, 0.15) is 43.2 Å². The minimum Gasteiger partial charge on any atom is -0.385 e. The van der Waals surface area contributed by atoms with Crippen molar-refractivity contribution in [3.63, 3.8) is 0 Å². The van der Waals surface area contributed by atoms with E-state index >= 15 is 0 Å². The molecule has 0 radical (unpaired) electrons. The Morgan fingerprint density at radius 2 is 1.85 bits per heavy atom. The molecule has 0 aromatic carbocycles. The predicted molar refractivity (Wildman–Crippen MR) is 71.4 cm³/mol. The minimum atomic E-state index is -4.42. The van der Waals surface area contributed by atoms with E-state index in [0.717, 1.165) is 31.5 Å². The van der Waals surface area contributed by atoms with Crippen molar-refractivity contribution in [3.8, 4) is 0 Å². The first-order chi connectivity index (χ1) is 9.37. The third kappa shape index (κ3) is 2.68. The van der Waals surface area contributed by atoms with Gasteiger partial charge in [-0.05, 0) is 31.7 Å². The number of fused-ring (bicyclic) bond motifs is 2. The van der Waals surface area contributed by atoms with Crippen LogP contribution in [0.2, 0.25) is 0 Å². The molecular weight excluding hydrogens is 287 g/mol. The molecule has 1 aromatic heterocycles. The molecule has 2 unspecified atom stereocenters. The van der Waals surface area contributed by atoms with Crippen LogP contribution in [0, 0.1) is 0 Å². The van der Waals surface area contributed by atoms with Crippen LogP contribution in [0.25, 0.3) is 0 Å². The number of pyridine rings is 1. The van der Waals surface area contributed by atoms with Gasteiger partial charge in [0.2, 0.25) is 0 Å². The molecule has 0 amide bonds. The van der Waals surface area contributed by atoms with E-state index in [1.807, 2.05) is 11.8 Å². The first-order valence-electron chi connectivity index (χ1n) is 6.77. The summed E-state index contributed by atoms with van der Waals surface area (Å²) in [5.41, 5.74) is -1.63. The standard InChI is InChI=1S/C14H16F3NOS/c15-14(16,17)10-4-9(7-18-8-10)13(19)5-11-2-1-3-12(6-13)20-11/h4,7-8,11-12,19H,1-3,5-6H2. The van der Waals surface area contributed by atoms with Gasteiger partial charge in [0.05, 0.1) is 11.2 Å². The van der Waals surface area contributed by atoms with Gasteiger partial charge in [-0.15, -0.1) is 0 Å². The normalized spacial score (nSPS) is 34.0. The van der Waals surface area contributed by atoms with Gasteiger partial charge < -0.3 is 5.11 Å². The van der Waals surface area contributed by atoms with Crippen LogP contribution in [0.5, 0.6) is 0 Å². The van der Waals surface area contributed by atoms with E-state index in [0.29, 0.717) is 28.9 Å². The van der Waals surface area contributed by atoms with Crippen molar-refractivity contribution in [1.82, 2.24) is 4.98 Å². The lowest BCUT2D eigenvalue weighted by atomic mass is 9.81. The van der Waals surface area contributed by atoms with E-state index in [1.54, 1.807) is 0 Å². The number of hydrogen-bond donors (Lipinski definition) is 1. The monoisotopic (exact) mass is 303 g/mol. The van der Waals surface area contributed by atoms with Crippen LogP contribution in [0.4, 0.5) is 13.2 Å². The van der Waals surface area contributed by atoms with Crippen molar-refractivity contribution >= 4 is 11.8 Å². The van der Waals surface area contributed by atoms with Gasteiger partial charge in [0.25, 0.3) is 0 Å². The van der Waals surface area contributed by atoms with E-state index < -0.39 is 17.3 Å². The van der Waals surface area contributed by atoms with E-state index in [1.165, 1.54) is 6.20 Å². The van der Waals surface area contributed by atoms with Crippen LogP contribution in [0.15, 0.2) is 18.5 Å². The SMILES string of the molecule is OC1(c2cncc(C(F)(F)F)c2)CC2CCCC(C1)S2. The number of hydrogen-bond acceptors (Lipinski definition) is 3. The summed E-state index contributed by atoms with van der Waals surface area (Å²) < 4.78 is 38.3. The predicted octanol–water partition coefficient (Wildman–Crippen LogP) is 3.74. The second-order valence-corrected chi connectivity index (χ2v) is 7.32. The maximum absolute atomic E-state index is 12.8. The van der Waals surface area contributed by atoms with Gasteiger partial charge in [-0.2, -0.15) is 24.9 Å². The fraction of sp³-hybridized carbons (Fsp3) is 0.643. The minimum absolute atomic E-state index is 0.310. The average molecular weight is 303 g/mol. The highest BCUT2D eigenvalue weighted by Crippen LogP contribution is 2.49. The highest BCUT2D eigenvalue weighted by molar-refractivity contribution is 8.00. The smallest absolute Gasteiger partial charge is 0.385 e. The highest BCUT2D eigenvalue weighted by atomic mass is 32.2. The molecule has 2 bridgehead atoms. The number of alkyl halides is 3. The topological polar surface area (TPSA) is 33.1 Å². The Hall–Kier alpha value is -0.750. The maximum Gasteiger partial charge on any atom is 0.417 e. The third-order valence-corrected chi connectivity index (χ3v) is 5.75. The Bertz CT molecular complexity index is 493. The Balaban J connectivity index is 1.91. The number of nitrogens with zero attached hydrogens (tertiary/aromatic N) is 1. The molecule has 0 aliphatic carbocycles. The third-order valence-electron chi connectivity index (χ3n) is 4.17. The quantitative estimate of drug-likeness (QED) is 0.858. The maximum atomic E-state index is 12.8. The Morgan fingerprint density at radius 3 is 2.45 bits per heavy atom. The fourth-order valence-electron chi connectivity index (χ4n) is 3.20. The number of rotatable bonds is 1. The largest absolute Gasteiger partial charge is 0.417 e. The molecule has 6 heteroatoms. The van der Waals surface area contributed by atoms with Gasteiger partial charge in [0, 0.05) is 28.5 Å². The molecule has 2 fully saturated rings. The fourth-order valence-corrected chi connectivity index (χ4v) is 5.10. The highest BCUT2D eigenvalue weighted by Gasteiger charge is 2.43. The van der Waals surface area contributed by atoms with Crippen molar-refractivity contribution in [2.75, 3.05) is 0 Å². The number of aromatic nitrogens is 1. The summed E-state index contributed by atoms with van der Waals surface area (Å²) in [5, 5.41) is 11.5. The molecule has 2 aliphatic rings. The van der Waals surface area contributed by atoms with Crippen molar-refractivity contribution < 1.29 is 18.3 Å². The molecule has 2 aliphatic heterocycles. The van der Waals surface area contributed by atoms with Gasteiger partial charge in [-0.25, -0.2) is 0 Å². The van der Waals surface area contributed by atoms with E-state index in [-0.39, 0.29) is 0 Å². The Kier molecular flexibility index (Phi) is 3.49. The van der Waals surface area contributed by atoms with Gasteiger partial charge in [0.1, 0.15) is 0 Å². The molecule has 3 heterocycles.